The highest BCUT2D eigenvalue weighted by molar-refractivity contribution is 8.14. The van der Waals surface area contributed by atoms with E-state index >= 15 is 0 Å². The second-order valence-corrected chi connectivity index (χ2v) is 4.50. The first-order chi connectivity index (χ1) is 6.84. The van der Waals surface area contributed by atoms with Gasteiger partial charge in [-0.2, -0.15) is 4.99 Å². The number of rotatable bonds is 2. The quantitative estimate of drug-likeness (QED) is 0.732. The van der Waals surface area contributed by atoms with E-state index in [1.807, 2.05) is 0 Å². The normalized spacial score (nSPS) is 23.7. The Morgan fingerprint density at radius 2 is 2.29 bits per heavy atom. The van der Waals surface area contributed by atoms with Crippen LogP contribution in [-0.4, -0.2) is 36.6 Å². The number of hydrogen-bond acceptors (Lipinski definition) is 4. The van der Waals surface area contributed by atoms with Gasteiger partial charge in [0, 0.05) is 19.8 Å². The summed E-state index contributed by atoms with van der Waals surface area (Å²) in [5, 5.41) is 4.01. The summed E-state index contributed by atoms with van der Waals surface area (Å²) in [6, 6.07) is 0. The molecular weight excluding hydrogens is 200 g/mol. The minimum absolute atomic E-state index is 0.0236. The average molecular weight is 214 g/mol. The van der Waals surface area contributed by atoms with Gasteiger partial charge < -0.3 is 10.1 Å². The predicted octanol–water partition coefficient (Wildman–Crippen LogP) is 0.632. The Morgan fingerprint density at radius 3 is 2.93 bits per heavy atom. The molecule has 0 aliphatic carbocycles. The van der Waals surface area contributed by atoms with E-state index in [1.54, 1.807) is 0 Å². The Kier molecular flexibility index (Phi) is 3.42. The molecule has 0 saturated carbocycles. The number of carbonyl (C=O) groups excluding carboxylic acids is 1. The summed E-state index contributed by atoms with van der Waals surface area (Å²) in [6.45, 7) is 2.65. The Hall–Kier alpha value is -0.550. The lowest BCUT2D eigenvalue weighted by atomic mass is 10.0. The molecule has 0 unspecified atom stereocenters. The molecule has 1 N–H and O–H groups in total. The van der Waals surface area contributed by atoms with Gasteiger partial charge >= 0.3 is 0 Å². The van der Waals surface area contributed by atoms with Gasteiger partial charge in [-0.25, -0.2) is 0 Å². The number of nitrogens with one attached hydrogen (secondary N) is 1. The molecule has 2 aliphatic rings. The molecule has 5 heteroatoms. The Bertz CT molecular complexity index is 249. The molecule has 0 bridgehead atoms. The molecule has 14 heavy (non-hydrogen) atoms. The van der Waals surface area contributed by atoms with Gasteiger partial charge in [-0.05, 0) is 18.8 Å². The summed E-state index contributed by atoms with van der Waals surface area (Å²) in [5.74, 6) is 1.14. The minimum Gasteiger partial charge on any atom is -0.381 e. The van der Waals surface area contributed by atoms with Crippen LogP contribution in [0.1, 0.15) is 12.8 Å². The zero-order valence-electron chi connectivity index (χ0n) is 7.99. The van der Waals surface area contributed by atoms with E-state index < -0.39 is 0 Å². The maximum absolute atomic E-state index is 10.8. The standard InChI is InChI=1S/C9H14N2O2S/c12-8-6-14-9(11-8)10-5-7-1-3-13-4-2-7/h7H,1-6H2,(H,10,11,12). The lowest BCUT2D eigenvalue weighted by Crippen LogP contribution is -2.30. The van der Waals surface area contributed by atoms with Gasteiger partial charge in [0.1, 0.15) is 0 Å². The van der Waals surface area contributed by atoms with Crippen molar-refractivity contribution >= 4 is 22.8 Å². The van der Waals surface area contributed by atoms with Gasteiger partial charge in [0.05, 0.1) is 5.75 Å². The molecule has 1 fully saturated rings. The highest BCUT2D eigenvalue weighted by Crippen LogP contribution is 2.15. The van der Waals surface area contributed by atoms with Gasteiger partial charge in [0.2, 0.25) is 0 Å². The van der Waals surface area contributed by atoms with Crippen molar-refractivity contribution in [3.05, 3.63) is 0 Å². The van der Waals surface area contributed by atoms with Gasteiger partial charge in [-0.3, -0.25) is 4.79 Å². The van der Waals surface area contributed by atoms with Crippen molar-refractivity contribution in [2.24, 2.45) is 10.9 Å². The summed E-state index contributed by atoms with van der Waals surface area (Å²) in [4.78, 5) is 14.7. The van der Waals surface area contributed by atoms with Crippen molar-refractivity contribution in [2.75, 3.05) is 25.5 Å². The number of carbonyl (C=O) groups is 1. The summed E-state index contributed by atoms with van der Waals surface area (Å²) in [6.07, 6.45) is 2.22. The summed E-state index contributed by atoms with van der Waals surface area (Å²) < 4.78 is 5.27. The van der Waals surface area contributed by atoms with Crippen molar-refractivity contribution in [2.45, 2.75) is 12.8 Å². The van der Waals surface area contributed by atoms with Gasteiger partial charge in [0.15, 0.2) is 5.17 Å². The molecule has 4 nitrogen and oxygen atoms in total. The Labute approximate surface area is 87.5 Å². The van der Waals surface area contributed by atoms with E-state index in [4.69, 9.17) is 4.74 Å². The second-order valence-electron chi connectivity index (χ2n) is 3.54. The zero-order chi connectivity index (χ0) is 9.80. The van der Waals surface area contributed by atoms with Crippen LogP contribution < -0.4 is 5.32 Å². The van der Waals surface area contributed by atoms with Crippen LogP contribution in [0.15, 0.2) is 4.99 Å². The molecule has 0 aromatic heterocycles. The monoisotopic (exact) mass is 214 g/mol. The van der Waals surface area contributed by atoms with E-state index in [0.29, 0.717) is 11.7 Å². The van der Waals surface area contributed by atoms with Crippen LogP contribution >= 0.6 is 11.8 Å². The van der Waals surface area contributed by atoms with Crippen LogP contribution in [0.5, 0.6) is 0 Å². The molecule has 0 aromatic rings. The number of ether oxygens (including phenoxy) is 1. The third kappa shape index (κ3) is 2.72. The molecule has 0 aromatic carbocycles. The number of hydrogen-bond donors (Lipinski definition) is 1. The van der Waals surface area contributed by atoms with Crippen LogP contribution in [0.4, 0.5) is 0 Å². The molecule has 78 valence electrons. The van der Waals surface area contributed by atoms with E-state index in [2.05, 4.69) is 10.3 Å². The van der Waals surface area contributed by atoms with Gasteiger partial charge in [0.25, 0.3) is 5.91 Å². The van der Waals surface area contributed by atoms with Crippen molar-refractivity contribution < 1.29 is 9.53 Å². The SMILES string of the molecule is O=C1CSC(NCC2CCOCC2)=N1. The van der Waals surface area contributed by atoms with Crippen molar-refractivity contribution in [1.82, 2.24) is 5.32 Å². The molecule has 1 saturated heterocycles. The Morgan fingerprint density at radius 1 is 1.50 bits per heavy atom. The first-order valence-electron chi connectivity index (χ1n) is 4.90. The summed E-state index contributed by atoms with van der Waals surface area (Å²) in [5.41, 5.74) is 0. The van der Waals surface area contributed by atoms with Gasteiger partial charge in [-0.15, -0.1) is 0 Å². The number of amides is 1. The largest absolute Gasteiger partial charge is 0.381 e. The first-order valence-corrected chi connectivity index (χ1v) is 5.89. The molecule has 2 aliphatic heterocycles. The minimum atomic E-state index is -0.0236. The Balaban J connectivity index is 1.71. The smallest absolute Gasteiger partial charge is 0.258 e. The van der Waals surface area contributed by atoms with E-state index in [1.165, 1.54) is 11.8 Å². The molecule has 0 spiro atoms. The topological polar surface area (TPSA) is 50.7 Å². The zero-order valence-corrected chi connectivity index (χ0v) is 8.81. The van der Waals surface area contributed by atoms with Crippen molar-refractivity contribution in [3.8, 4) is 0 Å². The average Bonchev–Trinajstić information content (AvgIpc) is 2.63. The maximum Gasteiger partial charge on any atom is 0.258 e. The van der Waals surface area contributed by atoms with E-state index in [9.17, 15) is 4.79 Å². The molecule has 2 rings (SSSR count). The number of aliphatic imine (C=N–C) groups is 1. The predicted molar refractivity (Wildman–Crippen MR) is 56.4 cm³/mol. The van der Waals surface area contributed by atoms with Crippen LogP contribution in [0.3, 0.4) is 0 Å². The van der Waals surface area contributed by atoms with E-state index in [-0.39, 0.29) is 5.91 Å². The van der Waals surface area contributed by atoms with E-state index in [0.717, 1.165) is 37.8 Å². The molecule has 0 radical (unpaired) electrons. The fourth-order valence-corrected chi connectivity index (χ4v) is 2.26. The molecule has 1 amide bonds. The van der Waals surface area contributed by atoms with Crippen molar-refractivity contribution in [1.29, 1.82) is 0 Å². The molecule has 0 atom stereocenters. The fourth-order valence-electron chi connectivity index (χ4n) is 1.58. The number of amidine groups is 1. The lowest BCUT2D eigenvalue weighted by Gasteiger charge is -2.22. The maximum atomic E-state index is 10.8. The van der Waals surface area contributed by atoms with Crippen LogP contribution in [0, 0.1) is 5.92 Å². The second kappa shape index (κ2) is 4.79. The van der Waals surface area contributed by atoms with Crippen LogP contribution in [0.25, 0.3) is 0 Å². The summed E-state index contributed by atoms with van der Waals surface area (Å²) in [7, 11) is 0. The highest BCUT2D eigenvalue weighted by atomic mass is 32.2. The molecule has 2 heterocycles. The third-order valence-corrected chi connectivity index (χ3v) is 3.34. The van der Waals surface area contributed by atoms with Crippen LogP contribution in [0.2, 0.25) is 0 Å². The third-order valence-electron chi connectivity index (χ3n) is 2.44. The van der Waals surface area contributed by atoms with Gasteiger partial charge in [-0.1, -0.05) is 11.8 Å². The number of nitrogens with zero attached hydrogens (tertiary/aromatic N) is 1. The van der Waals surface area contributed by atoms with Crippen LogP contribution in [-0.2, 0) is 9.53 Å². The lowest BCUT2D eigenvalue weighted by molar-refractivity contribution is -0.115. The number of thioether (sulfide) groups is 1. The summed E-state index contributed by atoms with van der Waals surface area (Å²) >= 11 is 1.50. The van der Waals surface area contributed by atoms with Crippen molar-refractivity contribution in [3.63, 3.8) is 0 Å². The fraction of sp³-hybridized carbons (Fsp3) is 0.778. The first kappa shape index (κ1) is 9.98. The highest BCUT2D eigenvalue weighted by Gasteiger charge is 2.17. The molecular formula is C9H14N2O2S.